The molecule has 2 heterocycles. The standard InChI is InChI=1S/C22H23FN2O/c1-15-6-4-5-7-16(15)10-12-22-21(2,3)18-14-17(23)8-9-19(18)25(22)13-11-20(26)24-22/h4-10,12,14H,11,13H2,1-3H3,(H,24,26). The van der Waals surface area contributed by atoms with Crippen LogP contribution in [0.4, 0.5) is 10.1 Å². The highest BCUT2D eigenvalue weighted by molar-refractivity contribution is 5.84. The van der Waals surface area contributed by atoms with Crippen molar-refractivity contribution in [2.75, 3.05) is 11.4 Å². The summed E-state index contributed by atoms with van der Waals surface area (Å²) in [6, 6.07) is 13.1. The number of anilines is 1. The second-order valence-corrected chi connectivity index (χ2v) is 7.69. The van der Waals surface area contributed by atoms with E-state index >= 15 is 0 Å². The Morgan fingerprint density at radius 2 is 1.96 bits per heavy atom. The molecule has 26 heavy (non-hydrogen) atoms. The number of fused-ring (bicyclic) bond motifs is 3. The lowest BCUT2D eigenvalue weighted by molar-refractivity contribution is -0.124. The molecule has 0 radical (unpaired) electrons. The molecule has 1 unspecified atom stereocenters. The summed E-state index contributed by atoms with van der Waals surface area (Å²) in [4.78, 5) is 14.6. The Morgan fingerprint density at radius 3 is 2.73 bits per heavy atom. The zero-order chi connectivity index (χ0) is 18.5. The number of rotatable bonds is 2. The number of carbonyl (C=O) groups excluding carboxylic acids is 1. The van der Waals surface area contributed by atoms with E-state index in [9.17, 15) is 9.18 Å². The maximum Gasteiger partial charge on any atom is 0.223 e. The minimum atomic E-state index is -0.708. The summed E-state index contributed by atoms with van der Waals surface area (Å²) in [7, 11) is 0. The largest absolute Gasteiger partial charge is 0.344 e. The van der Waals surface area contributed by atoms with E-state index in [1.165, 1.54) is 11.6 Å². The van der Waals surface area contributed by atoms with Crippen LogP contribution < -0.4 is 10.2 Å². The lowest BCUT2D eigenvalue weighted by atomic mass is 9.74. The van der Waals surface area contributed by atoms with Gasteiger partial charge in [-0.25, -0.2) is 4.39 Å². The smallest absolute Gasteiger partial charge is 0.223 e. The van der Waals surface area contributed by atoms with Crippen LogP contribution in [0.5, 0.6) is 0 Å². The molecule has 3 nitrogen and oxygen atoms in total. The number of carbonyl (C=O) groups is 1. The molecule has 4 rings (SSSR count). The third-order valence-corrected chi connectivity index (χ3v) is 5.89. The van der Waals surface area contributed by atoms with E-state index in [0.717, 1.165) is 16.8 Å². The lowest BCUT2D eigenvalue weighted by Crippen LogP contribution is -2.68. The molecule has 2 aliphatic heterocycles. The number of nitrogens with zero attached hydrogens (tertiary/aromatic N) is 1. The van der Waals surface area contributed by atoms with Crippen LogP contribution in [0.15, 0.2) is 48.5 Å². The summed E-state index contributed by atoms with van der Waals surface area (Å²) >= 11 is 0. The molecule has 2 aromatic carbocycles. The first kappa shape index (κ1) is 16.8. The molecule has 1 atom stereocenters. The van der Waals surface area contributed by atoms with Crippen molar-refractivity contribution in [3.63, 3.8) is 0 Å². The summed E-state index contributed by atoms with van der Waals surface area (Å²) in [5.74, 6) is -0.224. The van der Waals surface area contributed by atoms with Gasteiger partial charge in [0.25, 0.3) is 0 Å². The molecule has 0 spiro atoms. The molecular weight excluding hydrogens is 327 g/mol. The fourth-order valence-corrected chi connectivity index (χ4v) is 4.31. The van der Waals surface area contributed by atoms with Crippen molar-refractivity contribution in [3.05, 3.63) is 71.0 Å². The number of hydrogen-bond donors (Lipinski definition) is 1. The first-order valence-corrected chi connectivity index (χ1v) is 8.99. The maximum absolute atomic E-state index is 14.0. The van der Waals surface area contributed by atoms with E-state index in [-0.39, 0.29) is 11.7 Å². The summed E-state index contributed by atoms with van der Waals surface area (Å²) in [6.45, 7) is 6.82. The zero-order valence-electron chi connectivity index (χ0n) is 15.3. The average Bonchev–Trinajstić information content (AvgIpc) is 2.79. The Labute approximate surface area is 153 Å². The molecular formula is C22H23FN2O. The van der Waals surface area contributed by atoms with Gasteiger partial charge in [-0.1, -0.05) is 44.2 Å². The summed E-state index contributed by atoms with van der Waals surface area (Å²) in [6.07, 6.45) is 4.58. The Morgan fingerprint density at radius 1 is 1.19 bits per heavy atom. The Kier molecular flexibility index (Phi) is 3.69. The Bertz CT molecular complexity index is 918. The van der Waals surface area contributed by atoms with Crippen molar-refractivity contribution >= 4 is 17.7 Å². The SMILES string of the molecule is Cc1ccccc1C=CC12NC(=O)CCN1c1ccc(F)cc1C2(C)C. The molecule has 2 aromatic rings. The number of aryl methyl sites for hydroxylation is 1. The van der Waals surface area contributed by atoms with Crippen molar-refractivity contribution in [3.8, 4) is 0 Å². The normalized spacial score (nSPS) is 23.7. The van der Waals surface area contributed by atoms with E-state index < -0.39 is 11.1 Å². The average molecular weight is 350 g/mol. The van der Waals surface area contributed by atoms with Crippen molar-refractivity contribution in [1.82, 2.24) is 5.32 Å². The van der Waals surface area contributed by atoms with Gasteiger partial charge in [-0.3, -0.25) is 4.79 Å². The van der Waals surface area contributed by atoms with Crippen LogP contribution in [0, 0.1) is 12.7 Å². The van der Waals surface area contributed by atoms with Crippen LogP contribution in [0.2, 0.25) is 0 Å². The second kappa shape index (κ2) is 5.70. The minimum absolute atomic E-state index is 0.0250. The summed E-state index contributed by atoms with van der Waals surface area (Å²) < 4.78 is 14.0. The molecule has 0 aliphatic carbocycles. The van der Waals surface area contributed by atoms with Gasteiger partial charge in [0.2, 0.25) is 5.91 Å². The number of hydrogen-bond acceptors (Lipinski definition) is 2. The molecule has 2 aliphatic rings. The quantitative estimate of drug-likeness (QED) is 0.882. The molecule has 1 N–H and O–H groups in total. The summed E-state index contributed by atoms with van der Waals surface area (Å²) in [5.41, 5.74) is 3.02. The lowest BCUT2D eigenvalue weighted by Gasteiger charge is -2.49. The van der Waals surface area contributed by atoms with Gasteiger partial charge in [-0.2, -0.15) is 0 Å². The van der Waals surface area contributed by atoms with Gasteiger partial charge in [0, 0.05) is 24.1 Å². The van der Waals surface area contributed by atoms with Crippen LogP contribution >= 0.6 is 0 Å². The van der Waals surface area contributed by atoms with Gasteiger partial charge in [0.05, 0.1) is 0 Å². The molecule has 134 valence electrons. The van der Waals surface area contributed by atoms with E-state index in [1.807, 2.05) is 18.2 Å². The van der Waals surface area contributed by atoms with Gasteiger partial charge in [0.1, 0.15) is 11.5 Å². The van der Waals surface area contributed by atoms with Crippen LogP contribution in [0.3, 0.4) is 0 Å². The molecule has 0 aromatic heterocycles. The van der Waals surface area contributed by atoms with Gasteiger partial charge in [0.15, 0.2) is 0 Å². The van der Waals surface area contributed by atoms with Crippen molar-refractivity contribution < 1.29 is 9.18 Å². The molecule has 1 fully saturated rings. The number of benzene rings is 2. The highest BCUT2D eigenvalue weighted by Crippen LogP contribution is 2.52. The molecule has 0 bridgehead atoms. The Balaban J connectivity index is 1.88. The third kappa shape index (κ3) is 2.28. The molecule has 4 heteroatoms. The van der Waals surface area contributed by atoms with Gasteiger partial charge >= 0.3 is 0 Å². The highest BCUT2D eigenvalue weighted by atomic mass is 19.1. The summed E-state index contributed by atoms with van der Waals surface area (Å²) in [5, 5.41) is 3.22. The van der Waals surface area contributed by atoms with E-state index in [4.69, 9.17) is 0 Å². The van der Waals surface area contributed by atoms with Crippen molar-refractivity contribution in [2.45, 2.75) is 38.3 Å². The molecule has 1 amide bonds. The van der Waals surface area contributed by atoms with Gasteiger partial charge in [-0.15, -0.1) is 0 Å². The minimum Gasteiger partial charge on any atom is -0.344 e. The third-order valence-electron chi connectivity index (χ3n) is 5.89. The zero-order valence-corrected chi connectivity index (χ0v) is 15.3. The Hall–Kier alpha value is -2.62. The maximum atomic E-state index is 14.0. The fourth-order valence-electron chi connectivity index (χ4n) is 4.31. The van der Waals surface area contributed by atoms with E-state index in [0.29, 0.717) is 13.0 Å². The van der Waals surface area contributed by atoms with Crippen LogP contribution in [0.1, 0.15) is 37.0 Å². The van der Waals surface area contributed by atoms with Crippen LogP contribution in [-0.2, 0) is 10.2 Å². The van der Waals surface area contributed by atoms with Crippen molar-refractivity contribution in [2.24, 2.45) is 0 Å². The van der Waals surface area contributed by atoms with Crippen molar-refractivity contribution in [1.29, 1.82) is 0 Å². The molecule has 0 saturated carbocycles. The first-order chi connectivity index (χ1) is 12.3. The van der Waals surface area contributed by atoms with E-state index in [1.54, 1.807) is 6.07 Å². The van der Waals surface area contributed by atoms with Crippen LogP contribution in [-0.4, -0.2) is 18.1 Å². The number of amides is 1. The number of nitrogens with one attached hydrogen (secondary N) is 1. The monoisotopic (exact) mass is 350 g/mol. The van der Waals surface area contributed by atoms with Gasteiger partial charge in [-0.05, 0) is 47.9 Å². The predicted octanol–water partition coefficient (Wildman–Crippen LogP) is 4.16. The second-order valence-electron chi connectivity index (χ2n) is 7.69. The topological polar surface area (TPSA) is 32.3 Å². The van der Waals surface area contributed by atoms with Crippen LogP contribution in [0.25, 0.3) is 6.08 Å². The first-order valence-electron chi connectivity index (χ1n) is 8.99. The fraction of sp³-hybridized carbons (Fsp3) is 0.318. The number of halogens is 1. The van der Waals surface area contributed by atoms with Gasteiger partial charge < -0.3 is 10.2 Å². The highest BCUT2D eigenvalue weighted by Gasteiger charge is 2.57. The van der Waals surface area contributed by atoms with E-state index in [2.05, 4.69) is 55.3 Å². The predicted molar refractivity (Wildman–Crippen MR) is 102 cm³/mol. The molecule has 1 saturated heterocycles.